The summed E-state index contributed by atoms with van der Waals surface area (Å²) in [6.45, 7) is 3.22. The van der Waals surface area contributed by atoms with E-state index in [4.69, 9.17) is 9.47 Å². The lowest BCUT2D eigenvalue weighted by Gasteiger charge is -2.26. The minimum Gasteiger partial charge on any atom is -0.449 e. The van der Waals surface area contributed by atoms with Crippen LogP contribution < -0.4 is 10.6 Å². The second-order valence-electron chi connectivity index (χ2n) is 7.46. The molecule has 182 valence electrons. The van der Waals surface area contributed by atoms with Crippen LogP contribution in [0.3, 0.4) is 0 Å². The van der Waals surface area contributed by atoms with Gasteiger partial charge in [0.2, 0.25) is 15.9 Å². The van der Waals surface area contributed by atoms with Crippen molar-refractivity contribution in [2.45, 2.75) is 24.8 Å². The zero-order chi connectivity index (χ0) is 24.9. The van der Waals surface area contributed by atoms with E-state index in [-0.39, 0.29) is 37.8 Å². The van der Waals surface area contributed by atoms with E-state index in [1.165, 1.54) is 13.8 Å². The fourth-order valence-corrected chi connectivity index (χ4v) is 4.62. The Balaban J connectivity index is 1.67. The topological polar surface area (TPSA) is 131 Å². The summed E-state index contributed by atoms with van der Waals surface area (Å²) in [6, 6.07) is 9.13. The second kappa shape index (κ2) is 10.7. The highest BCUT2D eigenvalue weighted by molar-refractivity contribution is 7.89. The normalized spacial score (nSPS) is 15.3. The van der Waals surface area contributed by atoms with E-state index >= 15 is 0 Å². The van der Waals surface area contributed by atoms with Crippen LogP contribution in [-0.2, 0) is 29.1 Å². The van der Waals surface area contributed by atoms with Gasteiger partial charge in [-0.25, -0.2) is 17.6 Å². The molecule has 12 heteroatoms. The fourth-order valence-electron chi connectivity index (χ4n) is 3.12. The van der Waals surface area contributed by atoms with Crippen molar-refractivity contribution in [2.24, 2.45) is 0 Å². The van der Waals surface area contributed by atoms with Gasteiger partial charge in [0.15, 0.2) is 6.10 Å². The highest BCUT2D eigenvalue weighted by Gasteiger charge is 2.30. The Bertz CT molecular complexity index is 1180. The Morgan fingerprint density at radius 2 is 1.62 bits per heavy atom. The van der Waals surface area contributed by atoms with Gasteiger partial charge in [-0.2, -0.15) is 4.31 Å². The van der Waals surface area contributed by atoms with Gasteiger partial charge in [0.1, 0.15) is 10.7 Å². The van der Waals surface area contributed by atoms with Gasteiger partial charge < -0.3 is 20.1 Å². The molecule has 0 aliphatic carbocycles. The predicted octanol–water partition coefficient (Wildman–Crippen LogP) is 1.99. The number of morpholine rings is 1. The number of rotatable bonds is 7. The van der Waals surface area contributed by atoms with Crippen molar-refractivity contribution >= 4 is 39.2 Å². The number of sulfonamides is 1. The molecule has 2 N–H and O–H groups in total. The molecule has 1 heterocycles. The number of halogens is 1. The van der Waals surface area contributed by atoms with Crippen LogP contribution in [0.25, 0.3) is 0 Å². The molecule has 2 aromatic carbocycles. The van der Waals surface area contributed by atoms with Gasteiger partial charge in [-0.3, -0.25) is 9.59 Å². The maximum absolute atomic E-state index is 14.3. The quantitative estimate of drug-likeness (QED) is 0.564. The molecule has 34 heavy (non-hydrogen) atoms. The van der Waals surface area contributed by atoms with Crippen LogP contribution in [0.5, 0.6) is 0 Å². The van der Waals surface area contributed by atoms with Gasteiger partial charge in [0.05, 0.1) is 18.8 Å². The third-order valence-electron chi connectivity index (χ3n) is 4.88. The average Bonchev–Trinajstić information content (AvgIpc) is 2.80. The second-order valence-corrected chi connectivity index (χ2v) is 9.36. The molecule has 2 amide bonds. The first-order valence-corrected chi connectivity index (χ1v) is 11.8. The molecule has 0 aromatic heterocycles. The average molecular weight is 494 g/mol. The molecule has 1 aliphatic heterocycles. The molecule has 3 rings (SSSR count). The van der Waals surface area contributed by atoms with Crippen LogP contribution in [0.15, 0.2) is 47.4 Å². The maximum atomic E-state index is 14.3. The largest absolute Gasteiger partial charge is 0.449 e. The first-order valence-electron chi connectivity index (χ1n) is 10.3. The minimum atomic E-state index is -4.18. The smallest absolute Gasteiger partial charge is 0.338 e. The Kier molecular flexibility index (Phi) is 7.97. The van der Waals surface area contributed by atoms with Gasteiger partial charge in [-0.1, -0.05) is 0 Å². The summed E-state index contributed by atoms with van der Waals surface area (Å²) in [5.41, 5.74) is 0.735. The number of anilines is 2. The molecule has 0 spiro atoms. The molecule has 1 aliphatic rings. The number of carbonyl (C=O) groups is 3. The van der Waals surface area contributed by atoms with Gasteiger partial charge in [0, 0.05) is 31.4 Å². The van der Waals surface area contributed by atoms with Crippen molar-refractivity contribution in [3.63, 3.8) is 0 Å². The summed E-state index contributed by atoms with van der Waals surface area (Å²) in [5.74, 6) is -2.86. The van der Waals surface area contributed by atoms with Crippen LogP contribution in [0.1, 0.15) is 24.2 Å². The number of nitrogens with one attached hydrogen (secondary N) is 2. The Hall–Kier alpha value is -3.35. The highest BCUT2D eigenvalue weighted by Crippen LogP contribution is 2.22. The van der Waals surface area contributed by atoms with Crippen molar-refractivity contribution in [3.05, 3.63) is 53.8 Å². The third kappa shape index (κ3) is 6.16. The van der Waals surface area contributed by atoms with Crippen LogP contribution in [0.2, 0.25) is 0 Å². The summed E-state index contributed by atoms with van der Waals surface area (Å²) in [4.78, 5) is 35.3. The number of benzene rings is 2. The third-order valence-corrected chi connectivity index (χ3v) is 6.79. The van der Waals surface area contributed by atoms with Crippen molar-refractivity contribution in [3.8, 4) is 0 Å². The monoisotopic (exact) mass is 493 g/mol. The molecule has 2 aromatic rings. The van der Waals surface area contributed by atoms with Gasteiger partial charge in [-0.05, 0) is 49.4 Å². The fraction of sp³-hybridized carbons (Fsp3) is 0.318. The first kappa shape index (κ1) is 25.3. The molecule has 0 saturated carbocycles. The lowest BCUT2D eigenvalue weighted by atomic mass is 10.2. The number of carbonyl (C=O) groups excluding carboxylic acids is 3. The van der Waals surface area contributed by atoms with Crippen molar-refractivity contribution < 1.29 is 36.7 Å². The first-order chi connectivity index (χ1) is 16.1. The number of amides is 2. The van der Waals surface area contributed by atoms with Gasteiger partial charge >= 0.3 is 5.97 Å². The Morgan fingerprint density at radius 3 is 2.21 bits per heavy atom. The lowest BCUT2D eigenvalue weighted by molar-refractivity contribution is -0.123. The molecule has 1 atom stereocenters. The molecular formula is C22H24FN3O7S. The van der Waals surface area contributed by atoms with Crippen LogP contribution in [0, 0.1) is 5.82 Å². The highest BCUT2D eigenvalue weighted by atomic mass is 32.2. The van der Waals surface area contributed by atoms with E-state index in [2.05, 4.69) is 10.6 Å². The number of esters is 1. The SMILES string of the molecule is CC(=O)Nc1ccc(NC(=O)[C@H](C)OC(=O)c2ccc(F)c(S(=O)(=O)N3CCOCC3)c2)cc1. The zero-order valence-electron chi connectivity index (χ0n) is 18.5. The molecule has 1 fully saturated rings. The molecule has 0 bridgehead atoms. The van der Waals surface area contributed by atoms with E-state index < -0.39 is 38.7 Å². The van der Waals surface area contributed by atoms with E-state index in [1.807, 2.05) is 0 Å². The Morgan fingerprint density at radius 1 is 1.03 bits per heavy atom. The van der Waals surface area contributed by atoms with E-state index in [0.717, 1.165) is 22.5 Å². The lowest BCUT2D eigenvalue weighted by Crippen LogP contribution is -2.41. The number of hydrogen-bond acceptors (Lipinski definition) is 7. The van der Waals surface area contributed by atoms with Crippen molar-refractivity contribution in [1.82, 2.24) is 4.31 Å². The van der Waals surface area contributed by atoms with Crippen LogP contribution in [-0.4, -0.2) is 62.9 Å². The number of ether oxygens (including phenoxy) is 2. The minimum absolute atomic E-state index is 0.0689. The van der Waals surface area contributed by atoms with Gasteiger partial charge in [0.25, 0.3) is 5.91 Å². The van der Waals surface area contributed by atoms with Crippen LogP contribution >= 0.6 is 0 Å². The van der Waals surface area contributed by atoms with E-state index in [0.29, 0.717) is 11.4 Å². The summed E-state index contributed by atoms with van der Waals surface area (Å²) in [5, 5.41) is 5.16. The molecular weight excluding hydrogens is 469 g/mol. The van der Waals surface area contributed by atoms with E-state index in [1.54, 1.807) is 24.3 Å². The summed E-state index contributed by atoms with van der Waals surface area (Å²) >= 11 is 0. The van der Waals surface area contributed by atoms with Crippen molar-refractivity contribution in [2.75, 3.05) is 36.9 Å². The number of nitrogens with zero attached hydrogens (tertiary/aromatic N) is 1. The molecule has 0 radical (unpaired) electrons. The molecule has 1 saturated heterocycles. The number of hydrogen-bond donors (Lipinski definition) is 2. The van der Waals surface area contributed by atoms with Gasteiger partial charge in [-0.15, -0.1) is 0 Å². The standard InChI is InChI=1S/C22H24FN3O7S/c1-14(21(28)25-18-6-4-17(5-7-18)24-15(2)27)33-22(29)16-3-8-19(23)20(13-16)34(30,31)26-9-11-32-12-10-26/h3-8,13-14H,9-12H2,1-2H3,(H,24,27)(H,25,28)/t14-/m0/s1. The summed E-state index contributed by atoms with van der Waals surface area (Å²) in [7, 11) is -4.18. The maximum Gasteiger partial charge on any atom is 0.338 e. The van der Waals surface area contributed by atoms with E-state index in [9.17, 15) is 27.2 Å². The summed E-state index contributed by atoms with van der Waals surface area (Å²) in [6.07, 6.45) is -1.23. The molecule has 0 unspecified atom stereocenters. The predicted molar refractivity (Wildman–Crippen MR) is 120 cm³/mol. The Labute approximate surface area is 196 Å². The zero-order valence-corrected chi connectivity index (χ0v) is 19.4. The van der Waals surface area contributed by atoms with Crippen molar-refractivity contribution in [1.29, 1.82) is 0 Å². The molecule has 10 nitrogen and oxygen atoms in total. The van der Waals surface area contributed by atoms with Crippen LogP contribution in [0.4, 0.5) is 15.8 Å². The summed E-state index contributed by atoms with van der Waals surface area (Å²) < 4.78 is 51.3.